The van der Waals surface area contributed by atoms with Gasteiger partial charge in [-0.05, 0) is 57.2 Å². The second-order valence-corrected chi connectivity index (χ2v) is 17.8. The first-order chi connectivity index (χ1) is 27.8. The second kappa shape index (κ2) is 20.3. The van der Waals surface area contributed by atoms with E-state index in [9.17, 15) is 19.8 Å². The van der Waals surface area contributed by atoms with Gasteiger partial charge in [0.1, 0.15) is 34.7 Å². The van der Waals surface area contributed by atoms with Crippen molar-refractivity contribution in [2.24, 2.45) is 9.98 Å². The van der Waals surface area contributed by atoms with Crippen molar-refractivity contribution in [2.75, 3.05) is 45.1 Å². The quantitative estimate of drug-likeness (QED) is 0.0805. The Balaban J connectivity index is 0.000000190. The molecule has 6 heterocycles. The summed E-state index contributed by atoms with van der Waals surface area (Å²) in [6, 6.07) is 10.9. The minimum atomic E-state index is -0.286. The number of methoxy groups -OCH3 is 1. The molecule has 0 fully saturated rings. The zero-order chi connectivity index (χ0) is 41.8. The number of hydrogen-bond acceptors (Lipinski definition) is 12. The molecule has 6 N–H and O–H groups in total. The highest BCUT2D eigenvalue weighted by Gasteiger charge is 2.20. The molecule has 0 atom stereocenters. The standard InChI is InChI=1S/C14H16N4O2.C13H14N4O2.C11H12N4O.CH2I2.2CH4/c1-8-11(20-3)5-4-10-12(8)17-14(16-9(2)19)18-7-6-15-13(10)18;1-7-10(19)4-3-9-11(7)16-13(15-8(2)18)17-6-5-14-12(9)17;1-6-8(16)3-2-7-9(6)14-11(12)15-5-4-13-10(7)15;2-1-3;;/h4-5,15H,6-7H2,1-3H3;3-4,14,19H,5-6H2,1-2H3;2-3,12-13,16H,4-5H2,1H3;1H2;2*1H4. The maximum Gasteiger partial charge on any atom is 0.245 e. The topological polar surface area (TPSA) is 222 Å². The van der Waals surface area contributed by atoms with Crippen LogP contribution in [-0.2, 0) is 29.2 Å². The van der Waals surface area contributed by atoms with E-state index < -0.39 is 0 Å². The smallest absolute Gasteiger partial charge is 0.245 e. The van der Waals surface area contributed by atoms with E-state index in [1.54, 1.807) is 26.2 Å². The van der Waals surface area contributed by atoms with Crippen molar-refractivity contribution in [1.82, 2.24) is 28.7 Å². The Morgan fingerprint density at radius 1 is 0.683 bits per heavy atom. The average Bonchev–Trinajstić information content (AvgIpc) is 3.99. The van der Waals surface area contributed by atoms with E-state index in [0.29, 0.717) is 27.8 Å². The Kier molecular flexibility index (Phi) is 16.0. The van der Waals surface area contributed by atoms with Crippen LogP contribution in [0.5, 0.6) is 17.2 Å². The van der Waals surface area contributed by atoms with Gasteiger partial charge in [0.15, 0.2) is 0 Å². The van der Waals surface area contributed by atoms with Crippen molar-refractivity contribution >= 4 is 107 Å². The number of phenolic OH excluding ortho intramolecular Hbond substituents is 2. The number of fused-ring (bicyclic) bond motifs is 9. The first-order valence-electron chi connectivity index (χ1n) is 18.3. The van der Waals surface area contributed by atoms with Gasteiger partial charge in [0.25, 0.3) is 0 Å². The first kappa shape index (κ1) is 47.4. The summed E-state index contributed by atoms with van der Waals surface area (Å²) in [5.41, 5.74) is 5.60. The van der Waals surface area contributed by atoms with Gasteiger partial charge in [0, 0.05) is 86.0 Å². The molecule has 17 nitrogen and oxygen atoms in total. The fourth-order valence-electron chi connectivity index (χ4n) is 7.04. The number of aromatic nitrogens is 6. The van der Waals surface area contributed by atoms with Crippen molar-refractivity contribution < 1.29 is 24.5 Å². The molecule has 0 aliphatic carbocycles. The van der Waals surface area contributed by atoms with E-state index >= 15 is 0 Å². The molecular formula is C41H52I2N12O5. The maximum atomic E-state index is 11.3. The monoisotopic (exact) mass is 1050 g/mol. The third-order valence-corrected chi connectivity index (χ3v) is 9.76. The molecule has 0 saturated carbocycles. The van der Waals surface area contributed by atoms with E-state index in [2.05, 4.69) is 86.1 Å². The number of hydrogen-bond donors (Lipinski definition) is 6. The van der Waals surface area contributed by atoms with Crippen LogP contribution in [0.3, 0.4) is 0 Å². The Morgan fingerprint density at radius 2 is 1.05 bits per heavy atom. The number of aryl methyl sites for hydroxylation is 3. The number of halogens is 2. The summed E-state index contributed by atoms with van der Waals surface area (Å²) in [4.78, 5) is 43.7. The van der Waals surface area contributed by atoms with E-state index in [1.807, 2.05) is 51.8 Å². The summed E-state index contributed by atoms with van der Waals surface area (Å²) in [5, 5.41) is 40.0. The van der Waals surface area contributed by atoms with Gasteiger partial charge >= 0.3 is 0 Å². The lowest BCUT2D eigenvalue weighted by Crippen LogP contribution is -2.24. The number of carbonyl (C=O) groups is 2. The molecule has 3 aromatic carbocycles. The third-order valence-electron chi connectivity index (χ3n) is 9.76. The van der Waals surface area contributed by atoms with Crippen LogP contribution in [0, 0.1) is 26.2 Å². The van der Waals surface area contributed by atoms with Crippen LogP contribution in [0.2, 0.25) is 0 Å². The van der Waals surface area contributed by atoms with Crippen LogP contribution < -0.4 is 37.5 Å². The lowest BCUT2D eigenvalue weighted by Gasteiger charge is -2.12. The van der Waals surface area contributed by atoms with Crippen molar-refractivity contribution in [3.05, 3.63) is 69.9 Å². The summed E-state index contributed by atoms with van der Waals surface area (Å²) in [7, 11) is 1.63. The Hall–Kier alpha value is -5.32. The molecule has 19 heteroatoms. The zero-order valence-corrected chi connectivity index (χ0v) is 37.2. The van der Waals surface area contributed by atoms with E-state index in [4.69, 9.17) is 10.1 Å². The van der Waals surface area contributed by atoms with Crippen molar-refractivity contribution in [1.29, 1.82) is 5.41 Å². The number of nitrogens with zero attached hydrogens (tertiary/aromatic N) is 8. The van der Waals surface area contributed by atoms with Gasteiger partial charge in [-0.25, -0.2) is 15.0 Å². The van der Waals surface area contributed by atoms with Gasteiger partial charge in [-0.1, -0.05) is 60.0 Å². The summed E-state index contributed by atoms with van der Waals surface area (Å²) in [6.45, 7) is 13.1. The highest BCUT2D eigenvalue weighted by Crippen LogP contribution is 2.32. The fraction of sp³-hybridized carbons (Fsp3) is 0.366. The van der Waals surface area contributed by atoms with Crippen LogP contribution in [0.25, 0.3) is 32.7 Å². The summed E-state index contributed by atoms with van der Waals surface area (Å²) < 4.78 is 12.2. The molecule has 60 heavy (non-hydrogen) atoms. The predicted molar refractivity (Wildman–Crippen MR) is 253 cm³/mol. The normalized spacial score (nSPS) is 13.3. The van der Waals surface area contributed by atoms with Crippen LogP contribution in [0.15, 0.2) is 46.4 Å². The van der Waals surface area contributed by atoms with Crippen LogP contribution in [0.1, 0.15) is 45.4 Å². The number of rotatable bonds is 1. The minimum Gasteiger partial charge on any atom is -0.508 e. The molecule has 0 spiro atoms. The molecule has 0 saturated heterocycles. The molecule has 3 aromatic heterocycles. The molecular weight excluding hydrogens is 994 g/mol. The van der Waals surface area contributed by atoms with Crippen molar-refractivity contribution in [3.8, 4) is 17.2 Å². The second-order valence-electron chi connectivity index (χ2n) is 13.4. The highest BCUT2D eigenvalue weighted by atomic mass is 127. The molecule has 320 valence electrons. The number of anilines is 3. The van der Waals surface area contributed by atoms with Crippen LogP contribution in [-0.4, -0.2) is 79.9 Å². The maximum absolute atomic E-state index is 11.3. The van der Waals surface area contributed by atoms with Gasteiger partial charge < -0.3 is 30.9 Å². The van der Waals surface area contributed by atoms with Gasteiger partial charge in [-0.15, -0.1) is 0 Å². The molecule has 3 aliphatic heterocycles. The van der Waals surface area contributed by atoms with Gasteiger partial charge in [-0.3, -0.25) is 28.7 Å². The number of carbonyl (C=O) groups excluding carboxylic acids is 2. The Morgan fingerprint density at radius 3 is 1.47 bits per heavy atom. The number of ether oxygens (including phenoxy) is 1. The Labute approximate surface area is 374 Å². The number of benzene rings is 3. The average molecular weight is 1050 g/mol. The molecule has 6 aromatic rings. The summed E-state index contributed by atoms with van der Waals surface area (Å²) in [6.07, 6.45) is 0. The lowest BCUT2D eigenvalue weighted by atomic mass is 10.1. The van der Waals surface area contributed by atoms with Gasteiger partial charge in [0.2, 0.25) is 28.7 Å². The lowest BCUT2D eigenvalue weighted by molar-refractivity contribution is -0.117. The number of amides is 2. The molecule has 0 bridgehead atoms. The molecule has 0 unspecified atom stereocenters. The van der Waals surface area contributed by atoms with E-state index in [0.717, 1.165) is 95.3 Å². The SMILES string of the molecule is C.C.CC(=O)N=c1nc2c(C)c(O)ccc2c2n1CCN2.COc1ccc2c3n(c(=NC(C)=O)nc2c1C)CCN3.Cc1c(O)ccc2c3n(c(=N)nc12)CCN3.ICI. The zero-order valence-electron chi connectivity index (χ0n) is 32.9. The largest absolute Gasteiger partial charge is 0.508 e. The van der Waals surface area contributed by atoms with Crippen molar-refractivity contribution in [3.63, 3.8) is 0 Å². The van der Waals surface area contributed by atoms with Crippen molar-refractivity contribution in [2.45, 2.75) is 69.1 Å². The predicted octanol–water partition coefficient (Wildman–Crippen LogP) is 6.19. The molecule has 3 aliphatic rings. The van der Waals surface area contributed by atoms with Crippen LogP contribution in [0.4, 0.5) is 17.5 Å². The van der Waals surface area contributed by atoms with Crippen LogP contribution >= 0.6 is 45.2 Å². The highest BCUT2D eigenvalue weighted by molar-refractivity contribution is 14.2. The number of nitrogens with one attached hydrogen (secondary N) is 4. The molecule has 2 amide bonds. The minimum absolute atomic E-state index is 0. The van der Waals surface area contributed by atoms with E-state index in [-0.39, 0.29) is 43.8 Å². The first-order valence-corrected chi connectivity index (χ1v) is 21.4. The number of aromatic hydroxyl groups is 2. The molecule has 0 radical (unpaired) electrons. The van der Waals surface area contributed by atoms with Gasteiger partial charge in [0.05, 0.1) is 26.1 Å². The van der Waals surface area contributed by atoms with E-state index in [1.165, 1.54) is 16.3 Å². The number of phenols is 2. The molecule has 9 rings (SSSR count). The number of alkyl halides is 2. The third kappa shape index (κ3) is 9.50. The fourth-order valence-corrected chi connectivity index (χ4v) is 7.04. The summed E-state index contributed by atoms with van der Waals surface area (Å²) >= 11 is 4.55. The summed E-state index contributed by atoms with van der Waals surface area (Å²) in [5.74, 6) is 3.44. The van der Waals surface area contributed by atoms with Gasteiger partial charge in [-0.2, -0.15) is 9.98 Å². The Bertz CT molecular complexity index is 2820.